The van der Waals surface area contributed by atoms with Crippen LogP contribution in [0.2, 0.25) is 0 Å². The minimum Gasteiger partial charge on any atom is -0.326 e. The Morgan fingerprint density at radius 3 is 2.69 bits per heavy atom. The largest absolute Gasteiger partial charge is 0.326 e. The summed E-state index contributed by atoms with van der Waals surface area (Å²) in [6, 6.07) is -0.921. The second-order valence-electron chi connectivity index (χ2n) is 3.26. The highest BCUT2D eigenvalue weighted by molar-refractivity contribution is 6.04. The number of hydrogen-bond acceptors (Lipinski definition) is 3. The molecule has 72 valence electrons. The molecular weight excluding hydrogens is 172 g/mol. The van der Waals surface area contributed by atoms with E-state index in [-0.39, 0.29) is 11.8 Å². The highest BCUT2D eigenvalue weighted by Crippen LogP contribution is 2.11. The maximum Gasteiger partial charge on any atom is 0.322 e. The summed E-state index contributed by atoms with van der Waals surface area (Å²) >= 11 is 0. The third kappa shape index (κ3) is 2.54. The van der Waals surface area contributed by atoms with Crippen LogP contribution >= 0.6 is 0 Å². The minimum atomic E-state index is -0.470. The number of carbonyl (C=O) groups is 3. The van der Waals surface area contributed by atoms with Crippen LogP contribution in [0.3, 0.4) is 0 Å². The van der Waals surface area contributed by atoms with Crippen molar-refractivity contribution in [3.8, 4) is 0 Å². The van der Waals surface area contributed by atoms with Crippen molar-refractivity contribution in [2.45, 2.75) is 25.8 Å². The summed E-state index contributed by atoms with van der Waals surface area (Å²) in [5.41, 5.74) is 0. The summed E-state index contributed by atoms with van der Waals surface area (Å²) in [5.74, 6) is -0.186. The molecule has 3 amide bonds. The Morgan fingerprint density at radius 1 is 1.54 bits per heavy atom. The molecule has 1 heterocycles. The third-order valence-corrected chi connectivity index (χ3v) is 2.00. The monoisotopic (exact) mass is 184 g/mol. The number of rotatable bonds is 4. The van der Waals surface area contributed by atoms with Gasteiger partial charge in [-0.05, 0) is 12.3 Å². The Hall–Kier alpha value is -1.39. The lowest BCUT2D eigenvalue weighted by Crippen LogP contribution is -2.30. The van der Waals surface area contributed by atoms with E-state index in [1.807, 2.05) is 6.92 Å². The molecule has 1 saturated heterocycles. The van der Waals surface area contributed by atoms with Crippen LogP contribution in [0.5, 0.6) is 0 Å². The summed E-state index contributed by atoms with van der Waals surface area (Å²) in [4.78, 5) is 31.9. The van der Waals surface area contributed by atoms with Crippen LogP contribution in [0, 0.1) is 5.92 Å². The zero-order chi connectivity index (χ0) is 9.84. The lowest BCUT2D eigenvalue weighted by Gasteiger charge is -2.11. The van der Waals surface area contributed by atoms with E-state index >= 15 is 0 Å². The number of carbonyl (C=O) groups excluding carboxylic acids is 3. The molecule has 5 heteroatoms. The molecule has 1 aliphatic heterocycles. The second kappa shape index (κ2) is 4.02. The van der Waals surface area contributed by atoms with Gasteiger partial charge in [0.1, 0.15) is 12.3 Å². The van der Waals surface area contributed by atoms with E-state index in [0.717, 1.165) is 6.29 Å². The highest BCUT2D eigenvalue weighted by Gasteiger charge is 2.30. The SMILES string of the molecule is CC(CC=O)CC1NC(=O)NC1=O. The topological polar surface area (TPSA) is 75.3 Å². The van der Waals surface area contributed by atoms with Crippen molar-refractivity contribution in [2.24, 2.45) is 5.92 Å². The number of imide groups is 1. The number of nitrogens with one attached hydrogen (secondary N) is 2. The molecule has 13 heavy (non-hydrogen) atoms. The van der Waals surface area contributed by atoms with Crippen molar-refractivity contribution in [1.82, 2.24) is 10.6 Å². The Labute approximate surface area is 75.9 Å². The van der Waals surface area contributed by atoms with Crippen LogP contribution in [-0.2, 0) is 9.59 Å². The van der Waals surface area contributed by atoms with Crippen molar-refractivity contribution >= 4 is 18.2 Å². The van der Waals surface area contributed by atoms with Crippen molar-refractivity contribution in [2.75, 3.05) is 0 Å². The smallest absolute Gasteiger partial charge is 0.322 e. The lowest BCUT2D eigenvalue weighted by molar-refractivity contribution is -0.120. The molecule has 2 atom stereocenters. The van der Waals surface area contributed by atoms with E-state index in [0.29, 0.717) is 12.8 Å². The van der Waals surface area contributed by atoms with E-state index in [2.05, 4.69) is 10.6 Å². The van der Waals surface area contributed by atoms with Gasteiger partial charge in [-0.2, -0.15) is 0 Å². The van der Waals surface area contributed by atoms with Crippen molar-refractivity contribution < 1.29 is 14.4 Å². The quantitative estimate of drug-likeness (QED) is 0.469. The maximum absolute atomic E-state index is 11.0. The van der Waals surface area contributed by atoms with Crippen molar-refractivity contribution in [3.63, 3.8) is 0 Å². The molecule has 0 spiro atoms. The predicted molar refractivity (Wildman–Crippen MR) is 44.9 cm³/mol. The molecule has 1 aliphatic rings. The minimum absolute atomic E-state index is 0.117. The Balaban J connectivity index is 2.40. The molecule has 0 aliphatic carbocycles. The Kier molecular flexibility index (Phi) is 3.00. The molecule has 0 saturated carbocycles. The van der Waals surface area contributed by atoms with E-state index in [1.54, 1.807) is 0 Å². The van der Waals surface area contributed by atoms with Gasteiger partial charge < -0.3 is 10.1 Å². The first-order valence-electron chi connectivity index (χ1n) is 4.18. The number of hydrogen-bond donors (Lipinski definition) is 2. The first-order valence-corrected chi connectivity index (χ1v) is 4.18. The van der Waals surface area contributed by atoms with E-state index in [1.165, 1.54) is 0 Å². The number of aldehydes is 1. The van der Waals surface area contributed by atoms with Gasteiger partial charge in [-0.3, -0.25) is 10.1 Å². The molecule has 0 bridgehead atoms. The number of amides is 3. The molecule has 2 unspecified atom stereocenters. The van der Waals surface area contributed by atoms with Gasteiger partial charge in [0, 0.05) is 6.42 Å². The fourth-order valence-electron chi connectivity index (χ4n) is 1.29. The van der Waals surface area contributed by atoms with Crippen LogP contribution in [0.1, 0.15) is 19.8 Å². The molecule has 0 aromatic heterocycles. The molecule has 0 radical (unpaired) electrons. The van der Waals surface area contributed by atoms with Crippen LogP contribution < -0.4 is 10.6 Å². The van der Waals surface area contributed by atoms with Gasteiger partial charge in [0.15, 0.2) is 0 Å². The Morgan fingerprint density at radius 2 is 2.23 bits per heavy atom. The molecule has 5 nitrogen and oxygen atoms in total. The summed E-state index contributed by atoms with van der Waals surface area (Å²) in [7, 11) is 0. The van der Waals surface area contributed by atoms with Crippen molar-refractivity contribution in [3.05, 3.63) is 0 Å². The van der Waals surface area contributed by atoms with Gasteiger partial charge in [0.05, 0.1) is 0 Å². The van der Waals surface area contributed by atoms with Crippen LogP contribution in [0.15, 0.2) is 0 Å². The van der Waals surface area contributed by atoms with Gasteiger partial charge >= 0.3 is 6.03 Å². The number of urea groups is 1. The van der Waals surface area contributed by atoms with Gasteiger partial charge in [-0.15, -0.1) is 0 Å². The second-order valence-corrected chi connectivity index (χ2v) is 3.26. The van der Waals surface area contributed by atoms with E-state index < -0.39 is 12.1 Å². The fourth-order valence-corrected chi connectivity index (χ4v) is 1.29. The summed E-state index contributed by atoms with van der Waals surface area (Å²) in [6.07, 6.45) is 1.75. The first kappa shape index (κ1) is 9.70. The third-order valence-electron chi connectivity index (χ3n) is 2.00. The average molecular weight is 184 g/mol. The molecule has 0 aromatic carbocycles. The standard InChI is InChI=1S/C8H12N2O3/c1-5(2-3-11)4-6-7(12)10-8(13)9-6/h3,5-6H,2,4H2,1H3,(H2,9,10,12,13). The summed E-state index contributed by atoms with van der Waals surface area (Å²) in [5, 5.41) is 4.61. The van der Waals surface area contributed by atoms with E-state index in [9.17, 15) is 14.4 Å². The zero-order valence-electron chi connectivity index (χ0n) is 7.37. The molecule has 1 fully saturated rings. The zero-order valence-corrected chi connectivity index (χ0v) is 7.37. The van der Waals surface area contributed by atoms with Gasteiger partial charge in [-0.25, -0.2) is 4.79 Å². The van der Waals surface area contributed by atoms with Gasteiger partial charge in [0.25, 0.3) is 5.91 Å². The maximum atomic E-state index is 11.0. The highest BCUT2D eigenvalue weighted by atomic mass is 16.2. The first-order chi connectivity index (χ1) is 6.13. The van der Waals surface area contributed by atoms with Crippen LogP contribution in [-0.4, -0.2) is 24.3 Å². The Bertz CT molecular complexity index is 240. The van der Waals surface area contributed by atoms with E-state index in [4.69, 9.17) is 0 Å². The lowest BCUT2D eigenvalue weighted by atomic mass is 9.99. The van der Waals surface area contributed by atoms with Crippen LogP contribution in [0.4, 0.5) is 4.79 Å². The fraction of sp³-hybridized carbons (Fsp3) is 0.625. The average Bonchev–Trinajstić information content (AvgIpc) is 2.30. The van der Waals surface area contributed by atoms with Crippen molar-refractivity contribution in [1.29, 1.82) is 0 Å². The van der Waals surface area contributed by atoms with Crippen LogP contribution in [0.25, 0.3) is 0 Å². The molecule has 1 rings (SSSR count). The molecule has 0 aromatic rings. The summed E-state index contributed by atoms with van der Waals surface area (Å²) < 4.78 is 0. The summed E-state index contributed by atoms with van der Waals surface area (Å²) in [6.45, 7) is 1.87. The normalized spacial score (nSPS) is 23.6. The predicted octanol–water partition coefficient (Wildman–Crippen LogP) is -0.190. The van der Waals surface area contributed by atoms with Gasteiger partial charge in [0.2, 0.25) is 0 Å². The van der Waals surface area contributed by atoms with Gasteiger partial charge in [-0.1, -0.05) is 6.92 Å². The molecular formula is C8H12N2O3. The molecule has 2 N–H and O–H groups in total.